The number of benzene rings is 1. The van der Waals surface area contributed by atoms with Gasteiger partial charge >= 0.3 is 0 Å². The van der Waals surface area contributed by atoms with E-state index in [1.165, 1.54) is 0 Å². The Bertz CT molecular complexity index is 751. The minimum atomic E-state index is -0.0202. The third kappa shape index (κ3) is 4.45. The van der Waals surface area contributed by atoms with Crippen LogP contribution in [-0.2, 0) is 11.2 Å². The Kier molecular flexibility index (Phi) is 5.81. The number of carbonyl (C=O) groups is 2. The molecule has 0 radical (unpaired) electrons. The Morgan fingerprint density at radius 2 is 1.76 bits per heavy atom. The third-order valence-corrected chi connectivity index (χ3v) is 5.12. The van der Waals surface area contributed by atoms with Gasteiger partial charge in [-0.3, -0.25) is 14.6 Å². The number of halogens is 1. The van der Waals surface area contributed by atoms with Crippen LogP contribution >= 0.6 is 15.9 Å². The van der Waals surface area contributed by atoms with Gasteiger partial charge in [-0.15, -0.1) is 0 Å². The molecular weight excluding hydrogens is 382 g/mol. The summed E-state index contributed by atoms with van der Waals surface area (Å²) < 4.78 is 0.951. The van der Waals surface area contributed by atoms with E-state index < -0.39 is 0 Å². The van der Waals surface area contributed by atoms with Gasteiger partial charge in [0.25, 0.3) is 5.91 Å². The summed E-state index contributed by atoms with van der Waals surface area (Å²) in [4.78, 5) is 32.8. The van der Waals surface area contributed by atoms with Crippen LogP contribution in [0.3, 0.4) is 0 Å². The van der Waals surface area contributed by atoms with Gasteiger partial charge in [0.2, 0.25) is 5.91 Å². The maximum Gasteiger partial charge on any atom is 0.255 e. The molecule has 0 spiro atoms. The first kappa shape index (κ1) is 17.6. The molecule has 6 heteroatoms. The third-order valence-electron chi connectivity index (χ3n) is 4.34. The number of nitrogens with zero attached hydrogens (tertiary/aromatic N) is 3. The second kappa shape index (κ2) is 8.25. The molecule has 0 saturated carbocycles. The van der Waals surface area contributed by atoms with Gasteiger partial charge in [0.15, 0.2) is 0 Å². The predicted octanol–water partition coefficient (Wildman–Crippen LogP) is 2.76. The quantitative estimate of drug-likeness (QED) is 0.794. The monoisotopic (exact) mass is 401 g/mol. The fraction of sp³-hybridized carbons (Fsp3) is 0.316. The summed E-state index contributed by atoms with van der Waals surface area (Å²) in [5.41, 5.74) is 1.58. The standard InChI is InChI=1S/C19H20BrN3O2/c20-17-7-2-1-5-15(17)13-18(24)22-9-4-10-23(12-11-22)19(25)16-6-3-8-21-14-16/h1-3,5-8,14H,4,9-13H2. The SMILES string of the molecule is O=C(Cc1ccccc1Br)N1CCCN(C(=O)c2cccnc2)CC1. The van der Waals surface area contributed by atoms with Crippen LogP contribution in [0, 0.1) is 0 Å². The second-order valence-corrected chi connectivity index (χ2v) is 6.89. The van der Waals surface area contributed by atoms with E-state index in [1.807, 2.05) is 34.1 Å². The van der Waals surface area contributed by atoms with Gasteiger partial charge in [0.1, 0.15) is 0 Å². The van der Waals surface area contributed by atoms with Crippen LogP contribution < -0.4 is 0 Å². The highest BCUT2D eigenvalue weighted by Crippen LogP contribution is 2.18. The molecule has 5 nitrogen and oxygen atoms in total. The Labute approximate surface area is 155 Å². The van der Waals surface area contributed by atoms with E-state index in [0.29, 0.717) is 38.2 Å². The first-order valence-electron chi connectivity index (χ1n) is 8.35. The van der Waals surface area contributed by atoms with Crippen LogP contribution in [0.4, 0.5) is 0 Å². The smallest absolute Gasteiger partial charge is 0.255 e. The molecule has 0 unspecified atom stereocenters. The lowest BCUT2D eigenvalue weighted by molar-refractivity contribution is -0.130. The maximum absolute atomic E-state index is 12.6. The lowest BCUT2D eigenvalue weighted by Crippen LogP contribution is -2.38. The Balaban J connectivity index is 1.60. The lowest BCUT2D eigenvalue weighted by Gasteiger charge is -2.22. The fourth-order valence-corrected chi connectivity index (χ4v) is 3.38. The van der Waals surface area contributed by atoms with Gasteiger partial charge < -0.3 is 9.80 Å². The van der Waals surface area contributed by atoms with Crippen LogP contribution in [0.2, 0.25) is 0 Å². The normalized spacial score (nSPS) is 14.9. The van der Waals surface area contributed by atoms with Gasteiger partial charge in [0, 0.05) is 43.0 Å². The van der Waals surface area contributed by atoms with Gasteiger partial charge in [-0.25, -0.2) is 0 Å². The van der Waals surface area contributed by atoms with E-state index in [-0.39, 0.29) is 11.8 Å². The van der Waals surface area contributed by atoms with Crippen LogP contribution in [0.25, 0.3) is 0 Å². The van der Waals surface area contributed by atoms with Gasteiger partial charge in [-0.2, -0.15) is 0 Å². The first-order valence-corrected chi connectivity index (χ1v) is 9.15. The van der Waals surface area contributed by atoms with E-state index in [0.717, 1.165) is 16.5 Å². The molecule has 1 aliphatic heterocycles. The van der Waals surface area contributed by atoms with Crippen molar-refractivity contribution < 1.29 is 9.59 Å². The predicted molar refractivity (Wildman–Crippen MR) is 99.2 cm³/mol. The summed E-state index contributed by atoms with van der Waals surface area (Å²) in [6.45, 7) is 2.46. The zero-order valence-corrected chi connectivity index (χ0v) is 15.5. The van der Waals surface area contributed by atoms with Crippen molar-refractivity contribution in [1.82, 2.24) is 14.8 Å². The number of hydrogen-bond donors (Lipinski definition) is 0. The number of hydrogen-bond acceptors (Lipinski definition) is 3. The molecule has 0 bridgehead atoms. The number of aromatic nitrogens is 1. The van der Waals surface area contributed by atoms with Gasteiger partial charge in [0.05, 0.1) is 12.0 Å². The summed E-state index contributed by atoms with van der Waals surface area (Å²) in [6.07, 6.45) is 4.40. The molecule has 1 aromatic heterocycles. The van der Waals surface area contributed by atoms with Crippen molar-refractivity contribution in [3.8, 4) is 0 Å². The summed E-state index contributed by atoms with van der Waals surface area (Å²) in [5, 5.41) is 0. The van der Waals surface area contributed by atoms with Crippen LogP contribution in [0.1, 0.15) is 22.3 Å². The van der Waals surface area contributed by atoms with Crippen molar-refractivity contribution >= 4 is 27.7 Å². The van der Waals surface area contributed by atoms with E-state index in [9.17, 15) is 9.59 Å². The zero-order valence-electron chi connectivity index (χ0n) is 13.9. The molecule has 2 heterocycles. The zero-order chi connectivity index (χ0) is 17.6. The van der Waals surface area contributed by atoms with Gasteiger partial charge in [-0.05, 0) is 30.2 Å². The summed E-state index contributed by atoms with van der Waals surface area (Å²) in [5.74, 6) is 0.0794. The average Bonchev–Trinajstić information content (AvgIpc) is 2.90. The van der Waals surface area contributed by atoms with Crippen molar-refractivity contribution in [2.24, 2.45) is 0 Å². The van der Waals surface area contributed by atoms with Crippen molar-refractivity contribution in [3.05, 3.63) is 64.4 Å². The molecule has 1 fully saturated rings. The minimum absolute atomic E-state index is 0.0202. The Morgan fingerprint density at radius 3 is 2.52 bits per heavy atom. The topological polar surface area (TPSA) is 53.5 Å². The van der Waals surface area contributed by atoms with Crippen LogP contribution in [0.5, 0.6) is 0 Å². The molecule has 0 atom stereocenters. The molecule has 130 valence electrons. The van der Waals surface area contributed by atoms with Crippen molar-refractivity contribution in [1.29, 1.82) is 0 Å². The Hall–Kier alpha value is -2.21. The molecular formula is C19H20BrN3O2. The molecule has 3 rings (SSSR count). The molecule has 0 N–H and O–H groups in total. The highest BCUT2D eigenvalue weighted by atomic mass is 79.9. The molecule has 25 heavy (non-hydrogen) atoms. The molecule has 1 aliphatic rings. The van der Waals surface area contributed by atoms with E-state index in [4.69, 9.17) is 0 Å². The lowest BCUT2D eigenvalue weighted by atomic mass is 10.1. The number of pyridine rings is 1. The van der Waals surface area contributed by atoms with E-state index in [2.05, 4.69) is 20.9 Å². The van der Waals surface area contributed by atoms with Crippen LogP contribution in [0.15, 0.2) is 53.3 Å². The maximum atomic E-state index is 12.6. The second-order valence-electron chi connectivity index (χ2n) is 6.04. The highest BCUT2D eigenvalue weighted by Gasteiger charge is 2.23. The average molecular weight is 402 g/mol. The summed E-state index contributed by atoms with van der Waals surface area (Å²) >= 11 is 3.49. The molecule has 1 saturated heterocycles. The molecule has 2 aromatic rings. The molecule has 0 aliphatic carbocycles. The van der Waals surface area contributed by atoms with Gasteiger partial charge in [-0.1, -0.05) is 34.1 Å². The number of amides is 2. The van der Waals surface area contributed by atoms with E-state index >= 15 is 0 Å². The first-order chi connectivity index (χ1) is 12.1. The largest absolute Gasteiger partial charge is 0.341 e. The minimum Gasteiger partial charge on any atom is -0.341 e. The van der Waals surface area contributed by atoms with Crippen molar-refractivity contribution in [2.75, 3.05) is 26.2 Å². The molecule has 1 aromatic carbocycles. The fourth-order valence-electron chi connectivity index (χ4n) is 2.96. The van der Waals surface area contributed by atoms with Crippen LogP contribution in [-0.4, -0.2) is 52.8 Å². The number of rotatable bonds is 3. The van der Waals surface area contributed by atoms with E-state index in [1.54, 1.807) is 24.5 Å². The number of carbonyl (C=O) groups excluding carboxylic acids is 2. The summed E-state index contributed by atoms with van der Waals surface area (Å²) in [7, 11) is 0. The highest BCUT2D eigenvalue weighted by molar-refractivity contribution is 9.10. The van der Waals surface area contributed by atoms with Crippen molar-refractivity contribution in [3.63, 3.8) is 0 Å². The van der Waals surface area contributed by atoms with Crippen molar-refractivity contribution in [2.45, 2.75) is 12.8 Å². The Morgan fingerprint density at radius 1 is 1.00 bits per heavy atom. The molecule has 2 amide bonds. The summed E-state index contributed by atoms with van der Waals surface area (Å²) in [6, 6.07) is 11.3.